The molecule has 0 radical (unpaired) electrons. The van der Waals surface area contributed by atoms with Crippen molar-refractivity contribution in [2.75, 3.05) is 24.8 Å². The van der Waals surface area contributed by atoms with Gasteiger partial charge in [-0.3, -0.25) is 0 Å². The van der Waals surface area contributed by atoms with E-state index in [0.717, 1.165) is 17.0 Å². The van der Waals surface area contributed by atoms with Gasteiger partial charge in [0, 0.05) is 19.2 Å². The Kier molecular flexibility index (Phi) is 4.13. The first-order valence-corrected chi connectivity index (χ1v) is 6.41. The predicted octanol–water partition coefficient (Wildman–Crippen LogP) is 3.36. The van der Waals surface area contributed by atoms with Gasteiger partial charge in [0.2, 0.25) is 0 Å². The maximum atomic E-state index is 13.5. The second-order valence-electron chi connectivity index (χ2n) is 4.83. The van der Waals surface area contributed by atoms with E-state index >= 15 is 0 Å². The average molecular weight is 274 g/mol. The molecule has 4 heteroatoms. The summed E-state index contributed by atoms with van der Waals surface area (Å²) in [6.45, 7) is 2.37. The minimum atomic E-state index is -0.281. The summed E-state index contributed by atoms with van der Waals surface area (Å²) in [6.07, 6.45) is 0. The molecule has 0 fully saturated rings. The van der Waals surface area contributed by atoms with Gasteiger partial charge in [-0.25, -0.2) is 4.39 Å². The van der Waals surface area contributed by atoms with Crippen molar-refractivity contribution in [1.82, 2.24) is 0 Å². The Morgan fingerprint density at radius 3 is 2.65 bits per heavy atom. The van der Waals surface area contributed by atoms with Crippen molar-refractivity contribution in [2.45, 2.75) is 13.5 Å². The van der Waals surface area contributed by atoms with E-state index in [9.17, 15) is 4.39 Å². The highest BCUT2D eigenvalue weighted by Gasteiger charge is 2.11. The Bertz CT molecular complexity index is 613. The molecule has 3 nitrogen and oxygen atoms in total. The fourth-order valence-corrected chi connectivity index (χ4v) is 2.19. The number of para-hydroxylation sites is 1. The number of nitrogens with two attached hydrogens (primary N) is 1. The number of ether oxygens (including phenoxy) is 1. The Morgan fingerprint density at radius 2 is 1.95 bits per heavy atom. The van der Waals surface area contributed by atoms with E-state index in [1.807, 2.05) is 36.2 Å². The lowest BCUT2D eigenvalue weighted by Gasteiger charge is -2.23. The fourth-order valence-electron chi connectivity index (χ4n) is 2.19. The highest BCUT2D eigenvalue weighted by atomic mass is 19.1. The van der Waals surface area contributed by atoms with Crippen LogP contribution in [0.1, 0.15) is 11.1 Å². The van der Waals surface area contributed by atoms with Crippen molar-refractivity contribution >= 4 is 11.4 Å². The molecule has 0 saturated heterocycles. The molecule has 0 bridgehead atoms. The number of methoxy groups -OCH3 is 1. The van der Waals surface area contributed by atoms with Gasteiger partial charge in [-0.2, -0.15) is 0 Å². The summed E-state index contributed by atoms with van der Waals surface area (Å²) in [5, 5.41) is 0. The third-order valence-electron chi connectivity index (χ3n) is 3.32. The number of nitrogen functional groups attached to an aromatic ring is 1. The number of aryl methyl sites for hydroxylation is 1. The predicted molar refractivity (Wildman–Crippen MR) is 80.7 cm³/mol. The number of hydrogen-bond donors (Lipinski definition) is 1. The van der Waals surface area contributed by atoms with Crippen LogP contribution in [0.25, 0.3) is 0 Å². The largest absolute Gasteiger partial charge is 0.496 e. The van der Waals surface area contributed by atoms with E-state index in [0.29, 0.717) is 17.8 Å². The summed E-state index contributed by atoms with van der Waals surface area (Å²) in [6, 6.07) is 10.9. The molecule has 0 aliphatic rings. The van der Waals surface area contributed by atoms with Gasteiger partial charge in [-0.1, -0.05) is 18.2 Å². The van der Waals surface area contributed by atoms with Crippen LogP contribution in [0.3, 0.4) is 0 Å². The maximum Gasteiger partial charge on any atom is 0.128 e. The molecule has 0 saturated carbocycles. The molecule has 2 rings (SSSR count). The summed E-state index contributed by atoms with van der Waals surface area (Å²) in [4.78, 5) is 1.99. The van der Waals surface area contributed by atoms with Crippen LogP contribution in [0.5, 0.6) is 5.75 Å². The van der Waals surface area contributed by atoms with Crippen LogP contribution in [0.2, 0.25) is 0 Å². The van der Waals surface area contributed by atoms with Gasteiger partial charge in [-0.15, -0.1) is 0 Å². The van der Waals surface area contributed by atoms with Crippen molar-refractivity contribution in [1.29, 1.82) is 0 Å². The molecule has 0 heterocycles. The number of anilines is 2. The normalized spacial score (nSPS) is 10.4. The van der Waals surface area contributed by atoms with Crippen LogP contribution in [-0.2, 0) is 6.54 Å². The highest BCUT2D eigenvalue weighted by Crippen LogP contribution is 2.28. The van der Waals surface area contributed by atoms with Crippen molar-refractivity contribution in [2.24, 2.45) is 0 Å². The zero-order valence-corrected chi connectivity index (χ0v) is 12.0. The average Bonchev–Trinajstić information content (AvgIpc) is 2.43. The molecule has 20 heavy (non-hydrogen) atoms. The zero-order chi connectivity index (χ0) is 14.7. The summed E-state index contributed by atoms with van der Waals surface area (Å²) < 4.78 is 18.8. The minimum Gasteiger partial charge on any atom is -0.496 e. The molecule has 0 aliphatic heterocycles. The molecule has 0 spiro atoms. The van der Waals surface area contributed by atoms with Gasteiger partial charge in [0.05, 0.1) is 18.5 Å². The Balaban J connectivity index is 2.28. The lowest BCUT2D eigenvalue weighted by Crippen LogP contribution is -2.18. The van der Waals surface area contributed by atoms with E-state index in [4.69, 9.17) is 10.5 Å². The number of benzene rings is 2. The summed E-state index contributed by atoms with van der Waals surface area (Å²) in [7, 11) is 3.57. The van der Waals surface area contributed by atoms with E-state index in [-0.39, 0.29) is 5.82 Å². The number of rotatable bonds is 4. The molecule has 2 aromatic carbocycles. The smallest absolute Gasteiger partial charge is 0.128 e. The van der Waals surface area contributed by atoms with Crippen molar-refractivity contribution in [3.8, 4) is 5.75 Å². The minimum absolute atomic E-state index is 0.281. The summed E-state index contributed by atoms with van der Waals surface area (Å²) in [5.74, 6) is 0.550. The van der Waals surface area contributed by atoms with Gasteiger partial charge in [0.25, 0.3) is 0 Å². The van der Waals surface area contributed by atoms with Gasteiger partial charge >= 0.3 is 0 Å². The molecule has 0 amide bonds. The monoisotopic (exact) mass is 274 g/mol. The third kappa shape index (κ3) is 2.85. The van der Waals surface area contributed by atoms with Crippen LogP contribution in [0.15, 0.2) is 36.4 Å². The van der Waals surface area contributed by atoms with Crippen LogP contribution < -0.4 is 15.4 Å². The van der Waals surface area contributed by atoms with E-state index in [1.165, 1.54) is 6.07 Å². The lowest BCUT2D eigenvalue weighted by atomic mass is 10.1. The molecule has 2 N–H and O–H groups in total. The Hall–Kier alpha value is -2.23. The van der Waals surface area contributed by atoms with Crippen molar-refractivity contribution in [3.63, 3.8) is 0 Å². The molecular weight excluding hydrogens is 255 g/mol. The molecule has 106 valence electrons. The highest BCUT2D eigenvalue weighted by molar-refractivity contribution is 5.68. The second kappa shape index (κ2) is 5.82. The van der Waals surface area contributed by atoms with Crippen molar-refractivity contribution < 1.29 is 9.13 Å². The van der Waals surface area contributed by atoms with Gasteiger partial charge < -0.3 is 15.4 Å². The van der Waals surface area contributed by atoms with E-state index in [2.05, 4.69) is 0 Å². The van der Waals surface area contributed by atoms with Gasteiger partial charge in [-0.05, 0) is 30.7 Å². The SMILES string of the molecule is COc1ccccc1CN(C)c1cc(C)c(F)cc1N. The second-order valence-corrected chi connectivity index (χ2v) is 4.83. The summed E-state index contributed by atoms with van der Waals surface area (Å²) >= 11 is 0. The molecule has 0 atom stereocenters. The van der Waals surface area contributed by atoms with Crippen LogP contribution in [-0.4, -0.2) is 14.2 Å². The first kappa shape index (κ1) is 14.2. The number of halogens is 1. The maximum absolute atomic E-state index is 13.5. The lowest BCUT2D eigenvalue weighted by molar-refractivity contribution is 0.409. The molecule has 0 unspecified atom stereocenters. The number of nitrogens with zero attached hydrogens (tertiary/aromatic N) is 1. The van der Waals surface area contributed by atoms with Crippen LogP contribution in [0, 0.1) is 12.7 Å². The quantitative estimate of drug-likeness (QED) is 0.869. The van der Waals surface area contributed by atoms with Gasteiger partial charge in [0.1, 0.15) is 11.6 Å². The molecule has 2 aromatic rings. The standard InChI is InChI=1S/C16H19FN2O/c1-11-8-15(14(18)9-13(11)17)19(2)10-12-6-4-5-7-16(12)20-3/h4-9H,10,18H2,1-3H3. The molecule has 0 aliphatic carbocycles. The zero-order valence-electron chi connectivity index (χ0n) is 12.0. The Morgan fingerprint density at radius 1 is 1.25 bits per heavy atom. The first-order chi connectivity index (χ1) is 9.52. The molecular formula is C16H19FN2O. The van der Waals surface area contributed by atoms with Gasteiger partial charge in [0.15, 0.2) is 0 Å². The van der Waals surface area contributed by atoms with Crippen LogP contribution >= 0.6 is 0 Å². The van der Waals surface area contributed by atoms with E-state index in [1.54, 1.807) is 20.1 Å². The topological polar surface area (TPSA) is 38.5 Å². The van der Waals surface area contributed by atoms with Crippen LogP contribution in [0.4, 0.5) is 15.8 Å². The van der Waals surface area contributed by atoms with E-state index < -0.39 is 0 Å². The van der Waals surface area contributed by atoms with Crippen molar-refractivity contribution in [3.05, 3.63) is 53.3 Å². The Labute approximate surface area is 118 Å². The molecule has 0 aromatic heterocycles. The third-order valence-corrected chi connectivity index (χ3v) is 3.32. The first-order valence-electron chi connectivity index (χ1n) is 6.41. The number of hydrogen-bond acceptors (Lipinski definition) is 3. The fraction of sp³-hybridized carbons (Fsp3) is 0.250. The summed E-state index contributed by atoms with van der Waals surface area (Å²) in [5.41, 5.74) is 8.79.